The molecule has 16 heavy (non-hydrogen) atoms. The molecule has 0 bridgehead atoms. The van der Waals surface area contributed by atoms with Crippen molar-refractivity contribution >= 4 is 21.6 Å². The number of nitrogens with one attached hydrogen (secondary N) is 1. The number of anilines is 1. The molecule has 84 valence electrons. The molecule has 1 N–H and O–H groups in total. The van der Waals surface area contributed by atoms with Gasteiger partial charge in [0.05, 0.1) is 17.9 Å². The summed E-state index contributed by atoms with van der Waals surface area (Å²) in [5.41, 5.74) is 1.54. The third-order valence-corrected chi connectivity index (χ3v) is 3.31. The van der Waals surface area contributed by atoms with Crippen molar-refractivity contribution in [2.75, 3.05) is 18.5 Å². The molecule has 0 aliphatic carbocycles. The van der Waals surface area contributed by atoms with E-state index in [-0.39, 0.29) is 0 Å². The molecule has 0 amide bonds. The lowest BCUT2D eigenvalue weighted by Gasteiger charge is -2.24. The maximum absolute atomic E-state index is 9.08. The van der Waals surface area contributed by atoms with Gasteiger partial charge in [0, 0.05) is 17.1 Å². The van der Waals surface area contributed by atoms with E-state index in [1.165, 1.54) is 0 Å². The summed E-state index contributed by atoms with van der Waals surface area (Å²) in [4.78, 5) is 0. The lowest BCUT2D eigenvalue weighted by atomic mass is 10.1. The van der Waals surface area contributed by atoms with Crippen LogP contribution in [-0.4, -0.2) is 19.3 Å². The zero-order valence-corrected chi connectivity index (χ0v) is 10.5. The molecule has 4 heteroatoms. The molecular weight excluding hydrogens is 268 g/mol. The van der Waals surface area contributed by atoms with Gasteiger partial charge in [-0.2, -0.15) is 5.26 Å². The van der Waals surface area contributed by atoms with Crippen LogP contribution in [0.1, 0.15) is 18.4 Å². The van der Waals surface area contributed by atoms with Crippen LogP contribution in [0.25, 0.3) is 0 Å². The van der Waals surface area contributed by atoms with E-state index >= 15 is 0 Å². The number of nitrogens with zero attached hydrogens (tertiary/aromatic N) is 1. The van der Waals surface area contributed by atoms with Gasteiger partial charge in [-0.3, -0.25) is 0 Å². The first-order valence-electron chi connectivity index (χ1n) is 5.34. The number of ether oxygens (including phenoxy) is 1. The highest BCUT2D eigenvalue weighted by molar-refractivity contribution is 9.10. The molecule has 0 radical (unpaired) electrons. The molecule has 0 spiro atoms. The Balaban J connectivity index is 2.14. The molecular formula is C12H13BrN2O. The molecule has 1 aromatic carbocycles. The van der Waals surface area contributed by atoms with E-state index in [1.54, 1.807) is 0 Å². The summed E-state index contributed by atoms with van der Waals surface area (Å²) in [5, 5.41) is 12.4. The molecule has 1 heterocycles. The third-order valence-electron chi connectivity index (χ3n) is 2.65. The Hall–Kier alpha value is -1.05. The van der Waals surface area contributed by atoms with Gasteiger partial charge in [-0.15, -0.1) is 0 Å². The number of hydrogen-bond donors (Lipinski definition) is 1. The van der Waals surface area contributed by atoms with Gasteiger partial charge < -0.3 is 10.1 Å². The van der Waals surface area contributed by atoms with Crippen molar-refractivity contribution in [3.8, 4) is 6.07 Å². The average Bonchev–Trinajstić information content (AvgIpc) is 2.31. The number of benzene rings is 1. The molecule has 1 aliphatic heterocycles. The van der Waals surface area contributed by atoms with Crippen molar-refractivity contribution in [1.82, 2.24) is 0 Å². The van der Waals surface area contributed by atoms with Crippen molar-refractivity contribution in [1.29, 1.82) is 5.26 Å². The molecule has 0 aromatic heterocycles. The van der Waals surface area contributed by atoms with Crippen LogP contribution in [0.15, 0.2) is 22.7 Å². The van der Waals surface area contributed by atoms with E-state index in [9.17, 15) is 0 Å². The molecule has 1 unspecified atom stereocenters. The molecule has 1 aliphatic rings. The highest BCUT2D eigenvalue weighted by Crippen LogP contribution is 2.25. The fourth-order valence-corrected chi connectivity index (χ4v) is 2.29. The Morgan fingerprint density at radius 2 is 2.38 bits per heavy atom. The van der Waals surface area contributed by atoms with Crippen molar-refractivity contribution in [2.45, 2.75) is 18.9 Å². The Bertz CT molecular complexity index is 408. The summed E-state index contributed by atoms with van der Waals surface area (Å²) in [6.45, 7) is 1.57. The van der Waals surface area contributed by atoms with Crippen molar-refractivity contribution in [3.63, 3.8) is 0 Å². The van der Waals surface area contributed by atoms with Crippen LogP contribution >= 0.6 is 15.9 Å². The SMILES string of the molecule is N#Cc1c(Br)cccc1NC1CCCOC1. The minimum absolute atomic E-state index is 0.315. The minimum atomic E-state index is 0.315. The van der Waals surface area contributed by atoms with Gasteiger partial charge in [-0.1, -0.05) is 6.07 Å². The fraction of sp³-hybridized carbons (Fsp3) is 0.417. The summed E-state index contributed by atoms with van der Waals surface area (Å²) >= 11 is 3.38. The van der Waals surface area contributed by atoms with Crippen LogP contribution in [-0.2, 0) is 4.74 Å². The first-order chi connectivity index (χ1) is 7.81. The van der Waals surface area contributed by atoms with Gasteiger partial charge in [0.25, 0.3) is 0 Å². The average molecular weight is 281 g/mol. The lowest BCUT2D eigenvalue weighted by molar-refractivity contribution is 0.0876. The summed E-state index contributed by atoms with van der Waals surface area (Å²) < 4.78 is 6.23. The van der Waals surface area contributed by atoms with Crippen molar-refractivity contribution in [2.24, 2.45) is 0 Å². The second-order valence-corrected chi connectivity index (χ2v) is 4.69. The Morgan fingerprint density at radius 3 is 3.06 bits per heavy atom. The second kappa shape index (κ2) is 5.33. The summed E-state index contributed by atoms with van der Waals surface area (Å²) in [6.07, 6.45) is 2.17. The smallest absolute Gasteiger partial charge is 0.103 e. The first-order valence-corrected chi connectivity index (χ1v) is 6.13. The van der Waals surface area contributed by atoms with E-state index in [2.05, 4.69) is 27.3 Å². The molecule has 1 atom stereocenters. The van der Waals surface area contributed by atoms with Gasteiger partial charge in [0.1, 0.15) is 6.07 Å². The predicted octanol–water partition coefficient (Wildman–Crippen LogP) is 2.91. The van der Waals surface area contributed by atoms with Gasteiger partial charge in [0.2, 0.25) is 0 Å². The monoisotopic (exact) mass is 280 g/mol. The number of rotatable bonds is 2. The third kappa shape index (κ3) is 2.55. The number of nitriles is 1. The highest BCUT2D eigenvalue weighted by Gasteiger charge is 2.15. The number of hydrogen-bond acceptors (Lipinski definition) is 3. The lowest BCUT2D eigenvalue weighted by Crippen LogP contribution is -2.30. The topological polar surface area (TPSA) is 45.0 Å². The van der Waals surface area contributed by atoms with E-state index in [4.69, 9.17) is 10.00 Å². The van der Waals surface area contributed by atoms with Gasteiger partial charge in [-0.05, 0) is 40.9 Å². The molecule has 0 saturated carbocycles. The molecule has 1 saturated heterocycles. The largest absolute Gasteiger partial charge is 0.379 e. The summed E-state index contributed by atoms with van der Waals surface area (Å²) in [7, 11) is 0. The van der Waals surface area contributed by atoms with Crippen molar-refractivity contribution < 1.29 is 4.74 Å². The van der Waals surface area contributed by atoms with E-state index in [0.717, 1.165) is 36.2 Å². The molecule has 3 nitrogen and oxygen atoms in total. The van der Waals surface area contributed by atoms with Crippen LogP contribution in [0.5, 0.6) is 0 Å². The van der Waals surface area contributed by atoms with Crippen LogP contribution in [0.3, 0.4) is 0 Å². The Morgan fingerprint density at radius 1 is 1.50 bits per heavy atom. The zero-order chi connectivity index (χ0) is 11.4. The Kier molecular flexibility index (Phi) is 3.81. The van der Waals surface area contributed by atoms with Crippen molar-refractivity contribution in [3.05, 3.63) is 28.2 Å². The summed E-state index contributed by atoms with van der Waals surface area (Å²) in [6, 6.07) is 8.25. The predicted molar refractivity (Wildman–Crippen MR) is 66.3 cm³/mol. The number of halogens is 1. The quantitative estimate of drug-likeness (QED) is 0.906. The summed E-state index contributed by atoms with van der Waals surface area (Å²) in [5.74, 6) is 0. The highest BCUT2D eigenvalue weighted by atomic mass is 79.9. The normalized spacial score (nSPS) is 20.1. The maximum Gasteiger partial charge on any atom is 0.103 e. The molecule has 1 aromatic rings. The van der Waals surface area contributed by atoms with Crippen LogP contribution in [0, 0.1) is 11.3 Å². The standard InChI is InChI=1S/C12H13BrN2O/c13-11-4-1-5-12(10(11)7-14)15-9-3-2-6-16-8-9/h1,4-5,9,15H,2-3,6,8H2. The Labute approximate surface area is 104 Å². The van der Waals surface area contributed by atoms with E-state index in [1.807, 2.05) is 18.2 Å². The maximum atomic E-state index is 9.08. The van der Waals surface area contributed by atoms with Crippen LogP contribution in [0.2, 0.25) is 0 Å². The van der Waals surface area contributed by atoms with Gasteiger partial charge in [-0.25, -0.2) is 0 Å². The second-order valence-electron chi connectivity index (χ2n) is 3.83. The minimum Gasteiger partial charge on any atom is -0.379 e. The zero-order valence-electron chi connectivity index (χ0n) is 8.87. The van der Waals surface area contributed by atoms with Crippen LogP contribution in [0.4, 0.5) is 5.69 Å². The molecule has 2 rings (SSSR count). The van der Waals surface area contributed by atoms with Gasteiger partial charge >= 0.3 is 0 Å². The van der Waals surface area contributed by atoms with Gasteiger partial charge in [0.15, 0.2) is 0 Å². The molecule has 1 fully saturated rings. The fourth-order valence-electron chi connectivity index (χ4n) is 1.83. The van der Waals surface area contributed by atoms with Crippen LogP contribution < -0.4 is 5.32 Å². The van der Waals surface area contributed by atoms with E-state index < -0.39 is 0 Å². The first kappa shape index (κ1) is 11.4. The van der Waals surface area contributed by atoms with E-state index in [0.29, 0.717) is 11.6 Å².